The van der Waals surface area contributed by atoms with Crippen LogP contribution in [0.15, 0.2) is 42.5 Å². The number of fused-ring (bicyclic) bond motifs is 1. The number of carbonyl (C=O) groups excluding carboxylic acids is 1. The number of H-pyrrole nitrogens is 1. The molecule has 4 aromatic rings. The van der Waals surface area contributed by atoms with E-state index in [2.05, 4.69) is 39.6 Å². The third kappa shape index (κ3) is 3.81. The molecular formula is C23H25N7O. The predicted octanol–water partition coefficient (Wildman–Crippen LogP) is 3.45. The largest absolute Gasteiger partial charge is 0.340 e. The van der Waals surface area contributed by atoms with E-state index in [1.54, 1.807) is 4.68 Å². The highest BCUT2D eigenvalue weighted by atomic mass is 16.2. The zero-order valence-electron chi connectivity index (χ0n) is 17.7. The van der Waals surface area contributed by atoms with E-state index in [0.29, 0.717) is 6.42 Å². The Labute approximate surface area is 180 Å². The average molecular weight is 416 g/mol. The number of aromatic nitrogens is 6. The molecule has 1 aliphatic rings. The Morgan fingerprint density at radius 1 is 1.13 bits per heavy atom. The first-order valence-electron chi connectivity index (χ1n) is 10.7. The standard InChI is InChI=1S/C23H25N7O/c1-15-6-11-19-20(13-15)25-23(24-19)21-5-3-4-12-29(21)22(31)14-17-7-9-18(10-8-17)30-16(2)26-27-28-30/h6-11,13,21H,3-5,12,14H2,1-2H3,(H,24,25). The van der Waals surface area contributed by atoms with Crippen LogP contribution in [0.3, 0.4) is 0 Å². The molecule has 8 heteroatoms. The maximum absolute atomic E-state index is 13.2. The van der Waals surface area contributed by atoms with Gasteiger partial charge in [-0.3, -0.25) is 4.79 Å². The number of imidazole rings is 1. The van der Waals surface area contributed by atoms with Crippen molar-refractivity contribution in [2.24, 2.45) is 0 Å². The number of piperidine rings is 1. The van der Waals surface area contributed by atoms with Crippen molar-refractivity contribution in [2.45, 2.75) is 45.6 Å². The van der Waals surface area contributed by atoms with E-state index in [1.165, 1.54) is 5.56 Å². The van der Waals surface area contributed by atoms with Crippen LogP contribution in [0, 0.1) is 13.8 Å². The second kappa shape index (κ2) is 7.94. The monoisotopic (exact) mass is 415 g/mol. The third-order valence-electron chi connectivity index (χ3n) is 5.96. The van der Waals surface area contributed by atoms with Crippen LogP contribution in [0.25, 0.3) is 16.7 Å². The van der Waals surface area contributed by atoms with Crippen molar-refractivity contribution in [3.8, 4) is 5.69 Å². The summed E-state index contributed by atoms with van der Waals surface area (Å²) in [7, 11) is 0. The molecule has 0 saturated carbocycles. The Kier molecular flexibility index (Phi) is 4.97. The average Bonchev–Trinajstić information content (AvgIpc) is 3.40. The van der Waals surface area contributed by atoms with Crippen LogP contribution in [0.2, 0.25) is 0 Å². The molecule has 0 bridgehead atoms. The van der Waals surface area contributed by atoms with E-state index in [4.69, 9.17) is 4.98 Å². The van der Waals surface area contributed by atoms with Gasteiger partial charge in [-0.2, -0.15) is 4.68 Å². The zero-order valence-corrected chi connectivity index (χ0v) is 17.7. The number of carbonyl (C=O) groups is 1. The molecule has 8 nitrogen and oxygen atoms in total. The van der Waals surface area contributed by atoms with Crippen LogP contribution in [0.1, 0.15) is 48.1 Å². The lowest BCUT2D eigenvalue weighted by Crippen LogP contribution is -2.39. The first kappa shape index (κ1) is 19.4. The molecule has 2 aromatic carbocycles. The van der Waals surface area contributed by atoms with Gasteiger partial charge in [-0.1, -0.05) is 18.2 Å². The van der Waals surface area contributed by atoms with Gasteiger partial charge >= 0.3 is 0 Å². The van der Waals surface area contributed by atoms with Crippen LogP contribution in [0.4, 0.5) is 0 Å². The maximum Gasteiger partial charge on any atom is 0.227 e. The van der Waals surface area contributed by atoms with Gasteiger partial charge in [-0.15, -0.1) is 5.10 Å². The number of likely N-dealkylation sites (tertiary alicyclic amines) is 1. The summed E-state index contributed by atoms with van der Waals surface area (Å²) in [6.07, 6.45) is 3.43. The fourth-order valence-corrected chi connectivity index (χ4v) is 4.32. The number of nitrogens with one attached hydrogen (secondary N) is 1. The molecule has 31 heavy (non-hydrogen) atoms. The maximum atomic E-state index is 13.2. The second-order valence-electron chi connectivity index (χ2n) is 8.22. The van der Waals surface area contributed by atoms with E-state index in [9.17, 15) is 4.79 Å². The highest BCUT2D eigenvalue weighted by Crippen LogP contribution is 2.31. The van der Waals surface area contributed by atoms with Gasteiger partial charge in [-0.25, -0.2) is 4.98 Å². The van der Waals surface area contributed by atoms with Gasteiger partial charge in [0.1, 0.15) is 5.82 Å². The molecule has 1 fully saturated rings. The second-order valence-corrected chi connectivity index (χ2v) is 8.22. The lowest BCUT2D eigenvalue weighted by Gasteiger charge is -2.34. The van der Waals surface area contributed by atoms with Gasteiger partial charge in [0.2, 0.25) is 5.91 Å². The Morgan fingerprint density at radius 2 is 1.97 bits per heavy atom. The van der Waals surface area contributed by atoms with E-state index in [0.717, 1.165) is 59.7 Å². The fourth-order valence-electron chi connectivity index (χ4n) is 4.32. The zero-order chi connectivity index (χ0) is 21.4. The van der Waals surface area contributed by atoms with Crippen LogP contribution < -0.4 is 0 Å². The highest BCUT2D eigenvalue weighted by molar-refractivity contribution is 5.80. The van der Waals surface area contributed by atoms with Crippen molar-refractivity contribution in [1.29, 1.82) is 0 Å². The number of aromatic amines is 1. The quantitative estimate of drug-likeness (QED) is 0.551. The molecule has 1 N–H and O–H groups in total. The van der Waals surface area contributed by atoms with E-state index in [-0.39, 0.29) is 11.9 Å². The van der Waals surface area contributed by atoms with E-state index < -0.39 is 0 Å². The summed E-state index contributed by atoms with van der Waals surface area (Å²) in [5.74, 6) is 1.74. The topological polar surface area (TPSA) is 92.6 Å². The summed E-state index contributed by atoms with van der Waals surface area (Å²) >= 11 is 0. The summed E-state index contributed by atoms with van der Waals surface area (Å²) in [5, 5.41) is 11.6. The smallest absolute Gasteiger partial charge is 0.227 e. The first-order valence-corrected chi connectivity index (χ1v) is 10.7. The van der Waals surface area contributed by atoms with Crippen LogP contribution in [-0.2, 0) is 11.2 Å². The summed E-state index contributed by atoms with van der Waals surface area (Å²) < 4.78 is 1.68. The lowest BCUT2D eigenvalue weighted by molar-refractivity contribution is -0.134. The first-order chi connectivity index (χ1) is 15.1. The Morgan fingerprint density at radius 3 is 2.74 bits per heavy atom. The van der Waals surface area contributed by atoms with E-state index >= 15 is 0 Å². The SMILES string of the molecule is Cc1ccc2nc(C3CCCCN3C(=O)Cc3ccc(-n4nnnc4C)cc3)[nH]c2c1. The third-order valence-corrected chi connectivity index (χ3v) is 5.96. The molecule has 1 unspecified atom stereocenters. The molecule has 3 heterocycles. The van der Waals surface area contributed by atoms with Gasteiger partial charge in [0, 0.05) is 6.54 Å². The Bertz CT molecular complexity index is 1220. The molecule has 0 aliphatic carbocycles. The summed E-state index contributed by atoms with van der Waals surface area (Å²) in [6, 6.07) is 14.0. The summed E-state index contributed by atoms with van der Waals surface area (Å²) in [6.45, 7) is 4.69. The van der Waals surface area contributed by atoms with Crippen molar-refractivity contribution >= 4 is 16.9 Å². The minimum atomic E-state index is -0.00268. The number of hydrogen-bond acceptors (Lipinski definition) is 5. The van der Waals surface area contributed by atoms with Gasteiger partial charge in [-0.05, 0) is 78.9 Å². The number of amides is 1. The van der Waals surface area contributed by atoms with Crippen molar-refractivity contribution < 1.29 is 4.79 Å². The summed E-state index contributed by atoms with van der Waals surface area (Å²) in [4.78, 5) is 23.5. The number of tetrazole rings is 1. The van der Waals surface area contributed by atoms with Crippen molar-refractivity contribution in [1.82, 2.24) is 35.1 Å². The molecule has 1 saturated heterocycles. The number of rotatable bonds is 4. The van der Waals surface area contributed by atoms with Crippen LogP contribution >= 0.6 is 0 Å². The van der Waals surface area contributed by atoms with Crippen molar-refractivity contribution in [2.75, 3.05) is 6.54 Å². The normalized spacial score (nSPS) is 16.7. The molecule has 0 radical (unpaired) electrons. The molecule has 1 aliphatic heterocycles. The number of nitrogens with zero attached hydrogens (tertiary/aromatic N) is 6. The highest BCUT2D eigenvalue weighted by Gasteiger charge is 2.30. The number of aryl methyl sites for hydroxylation is 2. The molecule has 1 amide bonds. The Balaban J connectivity index is 1.35. The predicted molar refractivity (Wildman–Crippen MR) is 117 cm³/mol. The number of hydrogen-bond donors (Lipinski definition) is 1. The number of benzene rings is 2. The van der Waals surface area contributed by atoms with Gasteiger partial charge in [0.25, 0.3) is 0 Å². The lowest BCUT2D eigenvalue weighted by atomic mass is 10.00. The molecule has 0 spiro atoms. The Hall–Kier alpha value is -3.55. The van der Waals surface area contributed by atoms with Gasteiger partial charge in [0.05, 0.1) is 29.2 Å². The molecule has 5 rings (SSSR count). The van der Waals surface area contributed by atoms with Gasteiger partial charge in [0.15, 0.2) is 5.82 Å². The van der Waals surface area contributed by atoms with Crippen molar-refractivity contribution in [3.63, 3.8) is 0 Å². The summed E-state index contributed by atoms with van der Waals surface area (Å²) in [5.41, 5.74) is 5.03. The fraction of sp³-hybridized carbons (Fsp3) is 0.348. The van der Waals surface area contributed by atoms with Gasteiger partial charge < -0.3 is 9.88 Å². The molecule has 1 atom stereocenters. The van der Waals surface area contributed by atoms with Crippen LogP contribution in [-0.4, -0.2) is 47.5 Å². The minimum Gasteiger partial charge on any atom is -0.340 e. The molecular weight excluding hydrogens is 390 g/mol. The molecule has 2 aromatic heterocycles. The van der Waals surface area contributed by atoms with Crippen LogP contribution in [0.5, 0.6) is 0 Å². The molecule has 158 valence electrons. The van der Waals surface area contributed by atoms with E-state index in [1.807, 2.05) is 42.2 Å². The minimum absolute atomic E-state index is 0.00268. The van der Waals surface area contributed by atoms with Crippen molar-refractivity contribution in [3.05, 3.63) is 65.2 Å².